The lowest BCUT2D eigenvalue weighted by atomic mass is 9.85. The Labute approximate surface area is 113 Å². The van der Waals surface area contributed by atoms with Crippen molar-refractivity contribution in [3.05, 3.63) is 35.6 Å². The highest BCUT2D eigenvalue weighted by Gasteiger charge is 2.18. The second kappa shape index (κ2) is 5.05. The zero-order valence-corrected chi connectivity index (χ0v) is 11.7. The molecule has 0 aliphatic heterocycles. The van der Waals surface area contributed by atoms with Crippen molar-refractivity contribution in [3.8, 4) is 17.0 Å². The maximum atomic E-state index is 9.04. The van der Waals surface area contributed by atoms with Gasteiger partial charge in [0.1, 0.15) is 18.1 Å². The lowest BCUT2D eigenvalue weighted by Gasteiger charge is -2.20. The fourth-order valence-electron chi connectivity index (χ4n) is 1.89. The minimum absolute atomic E-state index is 0.0462. The van der Waals surface area contributed by atoms with Crippen molar-refractivity contribution in [2.75, 3.05) is 7.11 Å². The van der Waals surface area contributed by atoms with E-state index in [2.05, 4.69) is 38.1 Å². The maximum Gasteiger partial charge on any atom is 0.162 e. The van der Waals surface area contributed by atoms with Crippen LogP contribution >= 0.6 is 0 Å². The molecule has 0 unspecified atom stereocenters. The van der Waals surface area contributed by atoms with E-state index < -0.39 is 0 Å². The molecule has 0 saturated carbocycles. The number of hydrogen-bond acceptors (Lipinski definition) is 4. The van der Waals surface area contributed by atoms with Crippen molar-refractivity contribution in [2.24, 2.45) is 0 Å². The molecular weight excluding hydrogens is 242 g/mol. The highest BCUT2D eigenvalue weighted by molar-refractivity contribution is 5.68. The van der Waals surface area contributed by atoms with Crippen LogP contribution < -0.4 is 4.74 Å². The van der Waals surface area contributed by atoms with E-state index in [0.717, 1.165) is 11.3 Å². The predicted octanol–water partition coefficient (Wildman–Crippen LogP) is 3.14. The van der Waals surface area contributed by atoms with E-state index >= 15 is 0 Å². The Balaban J connectivity index is 2.53. The Kier molecular flexibility index (Phi) is 3.62. The highest BCUT2D eigenvalue weighted by Crippen LogP contribution is 2.34. The number of aromatic nitrogens is 1. The summed E-state index contributed by atoms with van der Waals surface area (Å²) in [5, 5.41) is 13.0. The van der Waals surface area contributed by atoms with Gasteiger partial charge in [-0.1, -0.05) is 32.0 Å². The van der Waals surface area contributed by atoms with Gasteiger partial charge in [-0.2, -0.15) is 0 Å². The molecule has 0 aliphatic carbocycles. The molecule has 0 saturated heterocycles. The van der Waals surface area contributed by atoms with Gasteiger partial charge < -0.3 is 14.4 Å². The van der Waals surface area contributed by atoms with Crippen molar-refractivity contribution in [3.63, 3.8) is 0 Å². The van der Waals surface area contributed by atoms with Gasteiger partial charge in [-0.05, 0) is 23.1 Å². The minimum Gasteiger partial charge on any atom is -0.496 e. The zero-order chi connectivity index (χ0) is 14.0. The lowest BCUT2D eigenvalue weighted by molar-refractivity contribution is 0.229. The number of ether oxygens (including phenoxy) is 1. The first kappa shape index (κ1) is 13.6. The molecular formula is C15H19NO3. The molecule has 19 heavy (non-hydrogen) atoms. The molecule has 1 N–H and O–H groups in total. The molecule has 4 nitrogen and oxygen atoms in total. The van der Waals surface area contributed by atoms with Crippen LogP contribution in [0.4, 0.5) is 0 Å². The summed E-state index contributed by atoms with van der Waals surface area (Å²) in [6.45, 7) is 6.30. The van der Waals surface area contributed by atoms with Crippen LogP contribution in [0.5, 0.6) is 5.75 Å². The van der Waals surface area contributed by atoms with E-state index in [1.807, 2.05) is 6.07 Å². The summed E-state index contributed by atoms with van der Waals surface area (Å²) in [5.41, 5.74) is 2.78. The Bertz CT molecular complexity index is 567. The topological polar surface area (TPSA) is 55.5 Å². The fraction of sp³-hybridized carbons (Fsp3) is 0.400. The van der Waals surface area contributed by atoms with Gasteiger partial charge in [-0.3, -0.25) is 0 Å². The van der Waals surface area contributed by atoms with Crippen molar-refractivity contribution in [2.45, 2.75) is 32.8 Å². The third-order valence-electron chi connectivity index (χ3n) is 3.06. The summed E-state index contributed by atoms with van der Waals surface area (Å²) in [6, 6.07) is 7.76. The van der Waals surface area contributed by atoms with Gasteiger partial charge >= 0.3 is 0 Å². The maximum absolute atomic E-state index is 9.04. The second-order valence-corrected chi connectivity index (χ2v) is 5.50. The average Bonchev–Trinajstić information content (AvgIpc) is 2.85. The third-order valence-corrected chi connectivity index (χ3v) is 3.06. The van der Waals surface area contributed by atoms with E-state index in [9.17, 15) is 0 Å². The molecule has 0 aliphatic rings. The van der Waals surface area contributed by atoms with E-state index in [1.165, 1.54) is 5.56 Å². The lowest BCUT2D eigenvalue weighted by Crippen LogP contribution is -2.11. The Morgan fingerprint density at radius 3 is 2.53 bits per heavy atom. The molecule has 1 aromatic heterocycles. The van der Waals surface area contributed by atoms with Crippen molar-refractivity contribution >= 4 is 0 Å². The second-order valence-electron chi connectivity index (χ2n) is 5.50. The molecule has 2 rings (SSSR count). The molecule has 0 amide bonds. The highest BCUT2D eigenvalue weighted by atomic mass is 16.5. The van der Waals surface area contributed by atoms with E-state index in [4.69, 9.17) is 14.4 Å². The van der Waals surface area contributed by atoms with E-state index in [1.54, 1.807) is 13.2 Å². The fourth-order valence-corrected chi connectivity index (χ4v) is 1.89. The summed E-state index contributed by atoms with van der Waals surface area (Å²) >= 11 is 0. The Morgan fingerprint density at radius 1 is 1.26 bits per heavy atom. The number of aliphatic hydroxyl groups is 1. The zero-order valence-electron chi connectivity index (χ0n) is 11.7. The van der Waals surface area contributed by atoms with Crippen LogP contribution in [-0.2, 0) is 12.0 Å². The first-order valence-electron chi connectivity index (χ1n) is 6.21. The molecule has 0 atom stereocenters. The Hall–Kier alpha value is -1.81. The molecule has 102 valence electrons. The van der Waals surface area contributed by atoms with Gasteiger partial charge in [0.25, 0.3) is 0 Å². The molecule has 1 aromatic carbocycles. The van der Waals surface area contributed by atoms with Crippen LogP contribution in [0.25, 0.3) is 11.3 Å². The standard InChI is InChI=1S/C15H19NO3/c1-15(2,3)10-5-6-14(18-4)12(7-10)13-8-11(9-17)19-16-13/h5-8,17H,9H2,1-4H3. The SMILES string of the molecule is COc1ccc(C(C)(C)C)cc1-c1cc(CO)on1. The summed E-state index contributed by atoms with van der Waals surface area (Å²) in [5.74, 6) is 1.18. The van der Waals surface area contributed by atoms with Crippen molar-refractivity contribution < 1.29 is 14.4 Å². The third kappa shape index (κ3) is 2.79. The van der Waals surface area contributed by atoms with Gasteiger partial charge in [0.15, 0.2) is 5.76 Å². The van der Waals surface area contributed by atoms with Crippen LogP contribution in [0, 0.1) is 0 Å². The van der Waals surface area contributed by atoms with Crippen molar-refractivity contribution in [1.82, 2.24) is 5.16 Å². The number of hydrogen-bond donors (Lipinski definition) is 1. The first-order chi connectivity index (χ1) is 8.95. The summed E-state index contributed by atoms with van der Waals surface area (Å²) in [6.07, 6.45) is 0. The van der Waals surface area contributed by atoms with Gasteiger partial charge in [0.2, 0.25) is 0 Å². The quantitative estimate of drug-likeness (QED) is 0.922. The van der Waals surface area contributed by atoms with Gasteiger partial charge in [-0.25, -0.2) is 0 Å². The van der Waals surface area contributed by atoms with Crippen LogP contribution in [0.2, 0.25) is 0 Å². The van der Waals surface area contributed by atoms with E-state index in [0.29, 0.717) is 11.5 Å². The molecule has 0 spiro atoms. The van der Waals surface area contributed by atoms with Gasteiger partial charge in [0, 0.05) is 11.6 Å². The number of nitrogens with zero attached hydrogens (tertiary/aromatic N) is 1. The molecule has 1 heterocycles. The molecule has 0 fully saturated rings. The van der Waals surface area contributed by atoms with Crippen molar-refractivity contribution in [1.29, 1.82) is 0 Å². The summed E-state index contributed by atoms with van der Waals surface area (Å²) < 4.78 is 10.4. The molecule has 2 aromatic rings. The van der Waals surface area contributed by atoms with Crippen LogP contribution in [0.3, 0.4) is 0 Å². The predicted molar refractivity (Wildman–Crippen MR) is 73.1 cm³/mol. The Morgan fingerprint density at radius 2 is 2.00 bits per heavy atom. The first-order valence-corrected chi connectivity index (χ1v) is 6.21. The van der Waals surface area contributed by atoms with Crippen LogP contribution in [-0.4, -0.2) is 17.4 Å². The number of rotatable bonds is 3. The normalized spacial score (nSPS) is 11.6. The van der Waals surface area contributed by atoms with E-state index in [-0.39, 0.29) is 12.0 Å². The minimum atomic E-state index is -0.158. The number of aliphatic hydroxyl groups excluding tert-OH is 1. The molecule has 0 bridgehead atoms. The molecule has 4 heteroatoms. The molecule has 0 radical (unpaired) electrons. The van der Waals surface area contributed by atoms with Crippen LogP contribution in [0.15, 0.2) is 28.8 Å². The summed E-state index contributed by atoms with van der Waals surface area (Å²) in [4.78, 5) is 0. The average molecular weight is 261 g/mol. The monoisotopic (exact) mass is 261 g/mol. The van der Waals surface area contributed by atoms with Gasteiger partial charge in [0.05, 0.1) is 7.11 Å². The van der Waals surface area contributed by atoms with Gasteiger partial charge in [-0.15, -0.1) is 0 Å². The number of methoxy groups -OCH3 is 1. The smallest absolute Gasteiger partial charge is 0.162 e. The largest absolute Gasteiger partial charge is 0.496 e. The number of benzene rings is 1. The summed E-state index contributed by atoms with van der Waals surface area (Å²) in [7, 11) is 1.63. The van der Waals surface area contributed by atoms with Crippen LogP contribution in [0.1, 0.15) is 32.1 Å².